The number of benzene rings is 3. The molecule has 0 fully saturated rings. The summed E-state index contributed by atoms with van der Waals surface area (Å²) in [6, 6.07) is 21.1. The predicted molar refractivity (Wildman–Crippen MR) is 145 cm³/mol. The molecule has 0 saturated carbocycles. The normalized spacial score (nSPS) is 15.6. The van der Waals surface area contributed by atoms with Gasteiger partial charge in [-0.2, -0.15) is 0 Å². The van der Waals surface area contributed by atoms with Crippen molar-refractivity contribution in [2.45, 2.75) is 13.5 Å². The van der Waals surface area contributed by atoms with E-state index in [1.165, 1.54) is 23.9 Å². The number of para-hydroxylation sites is 1. The van der Waals surface area contributed by atoms with Crippen LogP contribution in [0.5, 0.6) is 5.75 Å². The van der Waals surface area contributed by atoms with Crippen molar-refractivity contribution < 1.29 is 23.8 Å². The number of esters is 1. The number of halogens is 2. The summed E-state index contributed by atoms with van der Waals surface area (Å²) in [4.78, 5) is 17.6. The summed E-state index contributed by atoms with van der Waals surface area (Å²) in [5.41, 5.74) is 2.27. The first-order valence-corrected chi connectivity index (χ1v) is 12.7. The summed E-state index contributed by atoms with van der Waals surface area (Å²) < 4.78 is 25.2. The third-order valence-corrected chi connectivity index (χ3v) is 6.76. The minimum Gasteiger partial charge on any atom is -0.506 e. The van der Waals surface area contributed by atoms with Gasteiger partial charge in [-0.3, -0.25) is 0 Å². The fraction of sp³-hybridized carbons (Fsp3) is 0.111. The molecule has 178 valence electrons. The Bertz CT molecular complexity index is 1340. The van der Waals surface area contributed by atoms with Crippen LogP contribution in [-0.2, 0) is 16.1 Å². The summed E-state index contributed by atoms with van der Waals surface area (Å²) >= 11 is 3.37. The number of aliphatic hydroxyl groups excluding tert-OH is 1. The standard InChI is InChI=1S/C27H21FINO4S/c1-2-33-27(32)24-25(31)23(35-26(24)30-20-9-4-3-5-10-20)15-17-11-12-22(21(29)14-17)34-16-18-7-6-8-19(28)13-18/h3-15,31H,2,16H2,1H3/b23-15-,30-26?. The first-order chi connectivity index (χ1) is 16.9. The minimum atomic E-state index is -0.619. The van der Waals surface area contributed by atoms with Crippen molar-refractivity contribution >= 4 is 57.1 Å². The van der Waals surface area contributed by atoms with Gasteiger partial charge in [-0.25, -0.2) is 14.2 Å². The Morgan fingerprint density at radius 3 is 2.63 bits per heavy atom. The molecule has 0 radical (unpaired) electrons. The van der Waals surface area contributed by atoms with Gasteiger partial charge in [0, 0.05) is 0 Å². The van der Waals surface area contributed by atoms with Crippen molar-refractivity contribution in [2.24, 2.45) is 4.99 Å². The number of hydrogen-bond acceptors (Lipinski definition) is 6. The quantitative estimate of drug-likeness (QED) is 0.229. The van der Waals surface area contributed by atoms with Crippen LogP contribution >= 0.6 is 34.4 Å². The lowest BCUT2D eigenvalue weighted by Crippen LogP contribution is -2.12. The molecule has 5 nitrogen and oxygen atoms in total. The number of carbonyl (C=O) groups excluding carboxylic acids is 1. The van der Waals surface area contributed by atoms with E-state index in [0.717, 1.165) is 14.7 Å². The highest BCUT2D eigenvalue weighted by Gasteiger charge is 2.33. The Balaban J connectivity index is 1.58. The van der Waals surface area contributed by atoms with E-state index in [0.29, 0.717) is 21.4 Å². The fourth-order valence-corrected chi connectivity index (χ4v) is 5.00. The van der Waals surface area contributed by atoms with E-state index in [1.807, 2.05) is 48.5 Å². The average Bonchev–Trinajstić information content (AvgIpc) is 3.13. The molecule has 1 heterocycles. The van der Waals surface area contributed by atoms with E-state index in [4.69, 9.17) is 9.47 Å². The van der Waals surface area contributed by atoms with Gasteiger partial charge in [-0.15, -0.1) is 0 Å². The van der Waals surface area contributed by atoms with E-state index < -0.39 is 5.97 Å². The molecule has 1 aliphatic rings. The third-order valence-electron chi connectivity index (χ3n) is 4.89. The molecule has 0 bridgehead atoms. The zero-order valence-corrected chi connectivity index (χ0v) is 21.7. The molecule has 35 heavy (non-hydrogen) atoms. The number of nitrogens with zero attached hydrogens (tertiary/aromatic N) is 1. The lowest BCUT2D eigenvalue weighted by molar-refractivity contribution is -0.138. The maximum absolute atomic E-state index is 13.4. The van der Waals surface area contributed by atoms with Crippen molar-refractivity contribution in [1.82, 2.24) is 0 Å². The second-order valence-electron chi connectivity index (χ2n) is 7.42. The van der Waals surface area contributed by atoms with Gasteiger partial charge in [-0.1, -0.05) is 48.2 Å². The van der Waals surface area contributed by atoms with Crippen LogP contribution in [0.2, 0.25) is 0 Å². The lowest BCUT2D eigenvalue weighted by atomic mass is 10.1. The average molecular weight is 601 g/mol. The van der Waals surface area contributed by atoms with E-state index in [-0.39, 0.29) is 30.4 Å². The highest BCUT2D eigenvalue weighted by atomic mass is 127. The largest absolute Gasteiger partial charge is 0.506 e. The second kappa shape index (κ2) is 11.5. The Labute approximate surface area is 220 Å². The first kappa shape index (κ1) is 25.0. The van der Waals surface area contributed by atoms with Crippen LogP contribution in [0.4, 0.5) is 10.1 Å². The molecule has 8 heteroatoms. The number of hydrogen-bond donors (Lipinski definition) is 1. The molecule has 1 N–H and O–H groups in total. The van der Waals surface area contributed by atoms with Gasteiger partial charge in [0.15, 0.2) is 0 Å². The Hall–Kier alpha value is -3.11. The van der Waals surface area contributed by atoms with Crippen LogP contribution in [0.3, 0.4) is 0 Å². The molecular formula is C27H21FINO4S. The van der Waals surface area contributed by atoms with Gasteiger partial charge in [0.2, 0.25) is 0 Å². The molecule has 4 rings (SSSR count). The third kappa shape index (κ3) is 6.32. The fourth-order valence-electron chi connectivity index (χ4n) is 3.27. The predicted octanol–water partition coefficient (Wildman–Crippen LogP) is 7.20. The maximum Gasteiger partial charge on any atom is 0.344 e. The van der Waals surface area contributed by atoms with Gasteiger partial charge < -0.3 is 14.6 Å². The molecule has 3 aromatic carbocycles. The van der Waals surface area contributed by atoms with Crippen molar-refractivity contribution in [3.8, 4) is 5.75 Å². The van der Waals surface area contributed by atoms with Gasteiger partial charge in [0.1, 0.15) is 34.5 Å². The topological polar surface area (TPSA) is 68.1 Å². The number of thioether (sulfide) groups is 1. The van der Waals surface area contributed by atoms with Crippen molar-refractivity contribution in [1.29, 1.82) is 0 Å². The first-order valence-electron chi connectivity index (χ1n) is 10.8. The molecule has 3 aromatic rings. The maximum atomic E-state index is 13.4. The zero-order chi connectivity index (χ0) is 24.8. The van der Waals surface area contributed by atoms with Crippen molar-refractivity contribution in [3.05, 3.63) is 110 Å². The summed E-state index contributed by atoms with van der Waals surface area (Å²) in [5.74, 6) is -0.424. The summed E-state index contributed by atoms with van der Waals surface area (Å²) in [6.45, 7) is 2.14. The molecule has 0 atom stereocenters. The molecule has 0 spiro atoms. The Kier molecular flexibility index (Phi) is 8.25. The summed E-state index contributed by atoms with van der Waals surface area (Å²) in [5, 5.41) is 11.2. The van der Waals surface area contributed by atoms with Crippen molar-refractivity contribution in [3.63, 3.8) is 0 Å². The zero-order valence-electron chi connectivity index (χ0n) is 18.7. The molecule has 0 unspecified atom stereocenters. The smallest absolute Gasteiger partial charge is 0.344 e. The second-order valence-corrected chi connectivity index (χ2v) is 9.61. The van der Waals surface area contributed by atoms with E-state index in [9.17, 15) is 14.3 Å². The van der Waals surface area contributed by atoms with Crippen LogP contribution in [-0.4, -0.2) is 22.7 Å². The summed E-state index contributed by atoms with van der Waals surface area (Å²) in [6.07, 6.45) is 1.78. The van der Waals surface area contributed by atoms with Crippen LogP contribution < -0.4 is 4.74 Å². The van der Waals surface area contributed by atoms with E-state index in [1.54, 1.807) is 25.1 Å². The van der Waals surface area contributed by atoms with Gasteiger partial charge in [-0.05, 0) is 83.1 Å². The highest BCUT2D eigenvalue weighted by molar-refractivity contribution is 14.1. The lowest BCUT2D eigenvalue weighted by Gasteiger charge is -2.09. The summed E-state index contributed by atoms with van der Waals surface area (Å²) in [7, 11) is 0. The Morgan fingerprint density at radius 2 is 1.91 bits per heavy atom. The molecule has 0 amide bonds. The molecule has 0 saturated heterocycles. The van der Waals surface area contributed by atoms with E-state index >= 15 is 0 Å². The van der Waals surface area contributed by atoms with Crippen LogP contribution in [0.25, 0.3) is 6.08 Å². The Morgan fingerprint density at radius 1 is 1.11 bits per heavy atom. The van der Waals surface area contributed by atoms with Crippen LogP contribution in [0, 0.1) is 9.39 Å². The van der Waals surface area contributed by atoms with Crippen molar-refractivity contribution in [2.75, 3.05) is 6.61 Å². The number of aliphatic hydroxyl groups is 1. The van der Waals surface area contributed by atoms with E-state index in [2.05, 4.69) is 27.6 Å². The molecule has 0 aliphatic carbocycles. The number of ether oxygens (including phenoxy) is 2. The monoisotopic (exact) mass is 601 g/mol. The van der Waals surface area contributed by atoms with Crippen LogP contribution in [0.15, 0.2) is 94.0 Å². The minimum absolute atomic E-state index is 0.0525. The highest BCUT2D eigenvalue weighted by Crippen LogP contribution is 2.40. The van der Waals surface area contributed by atoms with Gasteiger partial charge in [0.05, 0.1) is 20.8 Å². The number of rotatable bonds is 7. The SMILES string of the molecule is CCOC(=O)C1=C(O)/C(=C/c2ccc(OCc3cccc(F)c3)c(I)c2)SC1=Nc1ccccc1. The van der Waals surface area contributed by atoms with Gasteiger partial charge in [0.25, 0.3) is 0 Å². The molecular weight excluding hydrogens is 580 g/mol. The molecule has 0 aromatic heterocycles. The number of carbonyl (C=O) groups is 1. The number of aliphatic imine (C=N–C) groups is 1. The van der Waals surface area contributed by atoms with Crippen LogP contribution in [0.1, 0.15) is 18.1 Å². The van der Waals surface area contributed by atoms with Gasteiger partial charge >= 0.3 is 5.97 Å². The molecule has 1 aliphatic heterocycles.